The van der Waals surface area contributed by atoms with Gasteiger partial charge in [0.05, 0.1) is 6.04 Å². The quantitative estimate of drug-likeness (QED) is 0.643. The Hall–Kier alpha value is -0.770. The standard InChI is InChI=1S/C9H13NO2S/c11-6-8-7-13-5-3-1-2-4-9(12)10-8/h3,5-6,8H,1-2,4,7H2,(H,10,12)/b5-3+. The van der Waals surface area contributed by atoms with Crippen LogP contribution >= 0.6 is 11.8 Å². The van der Waals surface area contributed by atoms with Crippen LogP contribution in [0.15, 0.2) is 11.5 Å². The third-order valence-electron chi connectivity index (χ3n) is 1.75. The van der Waals surface area contributed by atoms with Gasteiger partial charge in [0.2, 0.25) is 5.91 Å². The van der Waals surface area contributed by atoms with Crippen molar-refractivity contribution in [3.63, 3.8) is 0 Å². The number of hydrogen-bond acceptors (Lipinski definition) is 3. The average Bonchev–Trinajstić information content (AvgIpc) is 2.15. The molecule has 1 amide bonds. The molecule has 0 saturated carbocycles. The van der Waals surface area contributed by atoms with Crippen molar-refractivity contribution in [3.05, 3.63) is 11.5 Å². The smallest absolute Gasteiger partial charge is 0.220 e. The number of carbonyl (C=O) groups is 2. The summed E-state index contributed by atoms with van der Waals surface area (Å²) >= 11 is 1.56. The van der Waals surface area contributed by atoms with E-state index in [9.17, 15) is 9.59 Å². The summed E-state index contributed by atoms with van der Waals surface area (Å²) in [5.74, 6) is 0.610. The largest absolute Gasteiger partial charge is 0.346 e. The molecule has 1 rings (SSSR count). The summed E-state index contributed by atoms with van der Waals surface area (Å²) in [5.41, 5.74) is 0. The van der Waals surface area contributed by atoms with Gasteiger partial charge in [0.15, 0.2) is 0 Å². The van der Waals surface area contributed by atoms with Gasteiger partial charge in [0.1, 0.15) is 6.29 Å². The van der Waals surface area contributed by atoms with Gasteiger partial charge in [0.25, 0.3) is 0 Å². The number of nitrogens with one attached hydrogen (secondary N) is 1. The summed E-state index contributed by atoms with van der Waals surface area (Å²) in [6.45, 7) is 0. The molecule has 13 heavy (non-hydrogen) atoms. The minimum Gasteiger partial charge on any atom is -0.346 e. The van der Waals surface area contributed by atoms with Crippen LogP contribution in [0, 0.1) is 0 Å². The fraction of sp³-hybridized carbons (Fsp3) is 0.556. The molecule has 0 aromatic rings. The fourth-order valence-corrected chi connectivity index (χ4v) is 1.82. The molecule has 0 aliphatic carbocycles. The number of rotatable bonds is 1. The Morgan fingerprint density at radius 3 is 3.23 bits per heavy atom. The first-order valence-corrected chi connectivity index (χ1v) is 5.39. The van der Waals surface area contributed by atoms with Gasteiger partial charge in [-0.15, -0.1) is 11.8 Å². The summed E-state index contributed by atoms with van der Waals surface area (Å²) < 4.78 is 0. The first-order chi connectivity index (χ1) is 6.33. The molecular formula is C9H13NO2S. The van der Waals surface area contributed by atoms with Gasteiger partial charge in [-0.25, -0.2) is 0 Å². The van der Waals surface area contributed by atoms with Crippen LogP contribution in [0.25, 0.3) is 0 Å². The zero-order valence-corrected chi connectivity index (χ0v) is 8.18. The molecule has 1 unspecified atom stereocenters. The van der Waals surface area contributed by atoms with E-state index >= 15 is 0 Å². The van der Waals surface area contributed by atoms with Gasteiger partial charge in [-0.2, -0.15) is 0 Å². The molecule has 1 aliphatic heterocycles. The Labute approximate surface area is 82.0 Å². The van der Waals surface area contributed by atoms with Crippen LogP contribution in [-0.4, -0.2) is 24.0 Å². The third kappa shape index (κ3) is 4.12. The van der Waals surface area contributed by atoms with E-state index in [1.807, 2.05) is 11.5 Å². The highest BCUT2D eigenvalue weighted by atomic mass is 32.2. The van der Waals surface area contributed by atoms with E-state index in [0.717, 1.165) is 19.1 Å². The molecule has 1 N–H and O–H groups in total. The number of allylic oxidation sites excluding steroid dienone is 1. The van der Waals surface area contributed by atoms with Crippen molar-refractivity contribution in [1.82, 2.24) is 5.32 Å². The maximum absolute atomic E-state index is 11.2. The molecule has 1 atom stereocenters. The zero-order valence-electron chi connectivity index (χ0n) is 7.36. The topological polar surface area (TPSA) is 46.2 Å². The molecule has 4 heteroatoms. The van der Waals surface area contributed by atoms with E-state index in [2.05, 4.69) is 5.32 Å². The van der Waals surface area contributed by atoms with Gasteiger partial charge < -0.3 is 10.1 Å². The van der Waals surface area contributed by atoms with Crippen LogP contribution in [-0.2, 0) is 9.59 Å². The molecule has 0 saturated heterocycles. The fourth-order valence-electron chi connectivity index (χ4n) is 1.07. The summed E-state index contributed by atoms with van der Waals surface area (Å²) in [7, 11) is 0. The Morgan fingerprint density at radius 2 is 2.46 bits per heavy atom. The minimum absolute atomic E-state index is 0.0204. The SMILES string of the molecule is O=CC1CS/C=C/CCCC(=O)N1. The summed E-state index contributed by atoms with van der Waals surface area (Å²) in [6, 6.07) is -0.333. The van der Waals surface area contributed by atoms with E-state index in [1.165, 1.54) is 0 Å². The van der Waals surface area contributed by atoms with Gasteiger partial charge in [-0.3, -0.25) is 4.79 Å². The number of hydrogen-bond donors (Lipinski definition) is 1. The second-order valence-corrected chi connectivity index (χ2v) is 3.85. The predicted octanol–water partition coefficient (Wildman–Crippen LogP) is 1.10. The molecule has 0 spiro atoms. The summed E-state index contributed by atoms with van der Waals surface area (Å²) in [5, 5.41) is 4.67. The number of amides is 1. The lowest BCUT2D eigenvalue weighted by molar-refractivity contribution is -0.123. The normalized spacial score (nSPS) is 27.4. The van der Waals surface area contributed by atoms with Crippen LogP contribution < -0.4 is 5.32 Å². The zero-order chi connectivity index (χ0) is 9.52. The lowest BCUT2D eigenvalue weighted by atomic mass is 10.2. The molecule has 72 valence electrons. The molecule has 3 nitrogen and oxygen atoms in total. The average molecular weight is 199 g/mol. The van der Waals surface area contributed by atoms with Crippen LogP contribution in [0.2, 0.25) is 0 Å². The molecule has 0 fully saturated rings. The second-order valence-electron chi connectivity index (χ2n) is 2.91. The van der Waals surface area contributed by atoms with E-state index < -0.39 is 0 Å². The van der Waals surface area contributed by atoms with E-state index in [0.29, 0.717) is 12.2 Å². The maximum Gasteiger partial charge on any atom is 0.220 e. The predicted molar refractivity (Wildman–Crippen MR) is 53.4 cm³/mol. The van der Waals surface area contributed by atoms with Crippen LogP contribution in [0.1, 0.15) is 19.3 Å². The van der Waals surface area contributed by atoms with Crippen molar-refractivity contribution < 1.29 is 9.59 Å². The monoisotopic (exact) mass is 199 g/mol. The Kier molecular flexibility index (Phi) is 4.60. The van der Waals surface area contributed by atoms with Crippen LogP contribution in [0.3, 0.4) is 0 Å². The molecule has 0 aromatic carbocycles. The molecule has 1 heterocycles. The molecule has 0 aromatic heterocycles. The van der Waals surface area contributed by atoms with Gasteiger partial charge in [-0.1, -0.05) is 6.08 Å². The lowest BCUT2D eigenvalue weighted by Crippen LogP contribution is -2.37. The van der Waals surface area contributed by atoms with Crippen molar-refractivity contribution in [3.8, 4) is 0 Å². The maximum atomic E-state index is 11.2. The molecule has 0 bridgehead atoms. The van der Waals surface area contributed by atoms with Crippen LogP contribution in [0.5, 0.6) is 0 Å². The Morgan fingerprint density at radius 1 is 1.62 bits per heavy atom. The number of aldehydes is 1. The third-order valence-corrected chi connectivity index (χ3v) is 2.69. The van der Waals surface area contributed by atoms with Crippen molar-refractivity contribution in [2.75, 3.05) is 5.75 Å². The first-order valence-electron chi connectivity index (χ1n) is 4.34. The van der Waals surface area contributed by atoms with Gasteiger partial charge in [-0.05, 0) is 18.2 Å². The number of thioether (sulfide) groups is 1. The highest BCUT2D eigenvalue weighted by molar-refractivity contribution is 8.02. The highest BCUT2D eigenvalue weighted by Crippen LogP contribution is 2.08. The van der Waals surface area contributed by atoms with Crippen molar-refractivity contribution in [2.24, 2.45) is 0 Å². The second kappa shape index (κ2) is 5.80. The molecular weight excluding hydrogens is 186 g/mol. The van der Waals surface area contributed by atoms with E-state index in [1.54, 1.807) is 11.8 Å². The van der Waals surface area contributed by atoms with Crippen molar-refractivity contribution >= 4 is 24.0 Å². The summed E-state index contributed by atoms with van der Waals surface area (Å²) in [6.07, 6.45) is 5.14. The Balaban J connectivity index is 2.49. The highest BCUT2D eigenvalue weighted by Gasteiger charge is 2.10. The van der Waals surface area contributed by atoms with Crippen molar-refractivity contribution in [1.29, 1.82) is 0 Å². The van der Waals surface area contributed by atoms with Gasteiger partial charge in [0, 0.05) is 12.2 Å². The molecule has 1 aliphatic rings. The first kappa shape index (κ1) is 10.3. The minimum atomic E-state index is -0.333. The lowest BCUT2D eigenvalue weighted by Gasteiger charge is -2.12. The Bertz CT molecular complexity index is 216. The van der Waals surface area contributed by atoms with Crippen LogP contribution in [0.4, 0.5) is 0 Å². The number of carbonyl (C=O) groups excluding carboxylic acids is 2. The van der Waals surface area contributed by atoms with E-state index in [-0.39, 0.29) is 11.9 Å². The van der Waals surface area contributed by atoms with Crippen molar-refractivity contribution in [2.45, 2.75) is 25.3 Å². The van der Waals surface area contributed by atoms with Gasteiger partial charge >= 0.3 is 0 Å². The summed E-state index contributed by atoms with van der Waals surface area (Å²) in [4.78, 5) is 21.7. The van der Waals surface area contributed by atoms with E-state index in [4.69, 9.17) is 0 Å². The molecule has 0 radical (unpaired) electrons.